The van der Waals surface area contributed by atoms with Gasteiger partial charge in [-0.1, -0.05) is 13.0 Å². The number of aliphatic hydroxyl groups is 1. The maximum Gasteiger partial charge on any atom is 0.226 e. The summed E-state index contributed by atoms with van der Waals surface area (Å²) in [6.07, 6.45) is 2.12. The molecule has 0 fully saturated rings. The van der Waals surface area contributed by atoms with Crippen LogP contribution in [0.1, 0.15) is 24.6 Å². The van der Waals surface area contributed by atoms with Crippen molar-refractivity contribution in [2.45, 2.75) is 32.8 Å². The highest BCUT2D eigenvalue weighted by molar-refractivity contribution is 5.78. The first-order chi connectivity index (χ1) is 7.63. The van der Waals surface area contributed by atoms with Crippen LogP contribution in [0, 0.1) is 6.92 Å². The monoisotopic (exact) mass is 222 g/mol. The van der Waals surface area contributed by atoms with Crippen molar-refractivity contribution in [3.63, 3.8) is 0 Å². The third-order valence-corrected chi connectivity index (χ3v) is 2.45. The van der Waals surface area contributed by atoms with E-state index in [1.807, 2.05) is 26.0 Å². The Hall–Kier alpha value is -1.42. The zero-order valence-corrected chi connectivity index (χ0v) is 9.73. The van der Waals surface area contributed by atoms with Gasteiger partial charge >= 0.3 is 0 Å². The van der Waals surface area contributed by atoms with E-state index in [-0.39, 0.29) is 12.3 Å². The molecule has 4 heteroatoms. The molecule has 0 spiro atoms. The van der Waals surface area contributed by atoms with Crippen molar-refractivity contribution in [3.8, 4) is 0 Å². The molecule has 0 bridgehead atoms. The van der Waals surface area contributed by atoms with Crippen LogP contribution in [0.15, 0.2) is 18.3 Å². The van der Waals surface area contributed by atoms with Crippen LogP contribution in [-0.4, -0.2) is 28.6 Å². The number of rotatable bonds is 5. The van der Waals surface area contributed by atoms with Crippen molar-refractivity contribution in [2.24, 2.45) is 0 Å². The van der Waals surface area contributed by atoms with Gasteiger partial charge in [0.15, 0.2) is 0 Å². The number of aromatic nitrogens is 1. The SMILES string of the molecule is CCC(O)CNC(=O)Cc1ncccc1C. The van der Waals surface area contributed by atoms with Crippen LogP contribution in [0.2, 0.25) is 0 Å². The molecule has 2 N–H and O–H groups in total. The molecule has 16 heavy (non-hydrogen) atoms. The molecule has 1 rings (SSSR count). The minimum atomic E-state index is -0.464. The van der Waals surface area contributed by atoms with Gasteiger partial charge in [0.1, 0.15) is 0 Å². The number of nitrogens with one attached hydrogen (secondary N) is 1. The normalized spacial score (nSPS) is 12.2. The van der Waals surface area contributed by atoms with Gasteiger partial charge in [-0.3, -0.25) is 9.78 Å². The van der Waals surface area contributed by atoms with Gasteiger partial charge < -0.3 is 10.4 Å². The van der Waals surface area contributed by atoms with E-state index < -0.39 is 6.10 Å². The van der Waals surface area contributed by atoms with Gasteiger partial charge in [0.2, 0.25) is 5.91 Å². The van der Waals surface area contributed by atoms with E-state index in [0.29, 0.717) is 13.0 Å². The fourth-order valence-corrected chi connectivity index (χ4v) is 1.29. The Morgan fingerprint density at radius 2 is 2.38 bits per heavy atom. The minimum absolute atomic E-state index is 0.102. The number of amides is 1. The summed E-state index contributed by atoms with van der Waals surface area (Å²) in [5, 5.41) is 12.0. The molecule has 0 saturated carbocycles. The second-order valence-electron chi connectivity index (χ2n) is 3.81. The van der Waals surface area contributed by atoms with Gasteiger partial charge in [-0.15, -0.1) is 0 Å². The summed E-state index contributed by atoms with van der Waals surface area (Å²) in [7, 11) is 0. The van der Waals surface area contributed by atoms with Crippen molar-refractivity contribution in [1.82, 2.24) is 10.3 Å². The van der Waals surface area contributed by atoms with Crippen LogP contribution < -0.4 is 5.32 Å². The highest BCUT2D eigenvalue weighted by Crippen LogP contribution is 2.03. The van der Waals surface area contributed by atoms with E-state index in [1.54, 1.807) is 6.20 Å². The van der Waals surface area contributed by atoms with Crippen molar-refractivity contribution in [1.29, 1.82) is 0 Å². The molecule has 1 atom stereocenters. The lowest BCUT2D eigenvalue weighted by Crippen LogP contribution is -2.33. The van der Waals surface area contributed by atoms with Gasteiger partial charge in [0.05, 0.1) is 18.2 Å². The fraction of sp³-hybridized carbons (Fsp3) is 0.500. The zero-order valence-electron chi connectivity index (χ0n) is 9.73. The molecule has 0 aliphatic heterocycles. The summed E-state index contributed by atoms with van der Waals surface area (Å²) in [6.45, 7) is 4.11. The van der Waals surface area contributed by atoms with Gasteiger partial charge in [-0.2, -0.15) is 0 Å². The lowest BCUT2D eigenvalue weighted by molar-refractivity contribution is -0.120. The zero-order chi connectivity index (χ0) is 12.0. The number of aliphatic hydroxyl groups excluding tert-OH is 1. The average Bonchev–Trinajstić information content (AvgIpc) is 2.29. The summed E-state index contributed by atoms with van der Waals surface area (Å²) >= 11 is 0. The summed E-state index contributed by atoms with van der Waals surface area (Å²) in [6, 6.07) is 3.77. The van der Waals surface area contributed by atoms with E-state index in [1.165, 1.54) is 0 Å². The molecule has 1 aromatic rings. The average molecular weight is 222 g/mol. The molecular weight excluding hydrogens is 204 g/mol. The van der Waals surface area contributed by atoms with Gasteiger partial charge in [0, 0.05) is 12.7 Å². The number of hydrogen-bond acceptors (Lipinski definition) is 3. The molecular formula is C12H18N2O2. The Labute approximate surface area is 95.7 Å². The lowest BCUT2D eigenvalue weighted by Gasteiger charge is -2.09. The van der Waals surface area contributed by atoms with Gasteiger partial charge in [-0.05, 0) is 25.0 Å². The lowest BCUT2D eigenvalue weighted by atomic mass is 10.1. The standard InChI is InChI=1S/C12H18N2O2/c1-3-10(15)8-14-12(16)7-11-9(2)5-4-6-13-11/h4-6,10,15H,3,7-8H2,1-2H3,(H,14,16). The summed E-state index contributed by atoms with van der Waals surface area (Å²) in [5.41, 5.74) is 1.79. The van der Waals surface area contributed by atoms with Gasteiger partial charge in [-0.25, -0.2) is 0 Å². The Balaban J connectivity index is 2.43. The molecule has 1 heterocycles. The highest BCUT2D eigenvalue weighted by atomic mass is 16.3. The number of carbonyl (C=O) groups excluding carboxylic acids is 1. The smallest absolute Gasteiger partial charge is 0.226 e. The molecule has 4 nitrogen and oxygen atoms in total. The predicted octanol–water partition coefficient (Wildman–Crippen LogP) is 0.820. The summed E-state index contributed by atoms with van der Waals surface area (Å²) in [4.78, 5) is 15.7. The Kier molecular flexibility index (Phi) is 4.92. The molecule has 1 aromatic heterocycles. The number of aryl methyl sites for hydroxylation is 1. The van der Waals surface area contributed by atoms with E-state index in [4.69, 9.17) is 0 Å². The molecule has 0 saturated heterocycles. The van der Waals surface area contributed by atoms with E-state index in [2.05, 4.69) is 10.3 Å². The molecule has 0 aliphatic carbocycles. The third-order valence-electron chi connectivity index (χ3n) is 2.45. The topological polar surface area (TPSA) is 62.2 Å². The Bertz CT molecular complexity index is 353. The second-order valence-corrected chi connectivity index (χ2v) is 3.81. The van der Waals surface area contributed by atoms with Crippen molar-refractivity contribution < 1.29 is 9.90 Å². The minimum Gasteiger partial charge on any atom is -0.391 e. The van der Waals surface area contributed by atoms with E-state index in [9.17, 15) is 9.90 Å². The maximum atomic E-state index is 11.5. The first-order valence-electron chi connectivity index (χ1n) is 5.48. The number of nitrogens with zero attached hydrogens (tertiary/aromatic N) is 1. The maximum absolute atomic E-state index is 11.5. The highest BCUT2D eigenvalue weighted by Gasteiger charge is 2.08. The van der Waals surface area contributed by atoms with Crippen molar-refractivity contribution in [3.05, 3.63) is 29.6 Å². The fourth-order valence-electron chi connectivity index (χ4n) is 1.29. The second kappa shape index (κ2) is 6.23. The van der Waals surface area contributed by atoms with Crippen LogP contribution >= 0.6 is 0 Å². The van der Waals surface area contributed by atoms with Crippen LogP contribution in [-0.2, 0) is 11.2 Å². The Morgan fingerprint density at radius 1 is 1.62 bits per heavy atom. The third kappa shape index (κ3) is 3.98. The Morgan fingerprint density at radius 3 is 3.00 bits per heavy atom. The van der Waals surface area contributed by atoms with Crippen molar-refractivity contribution >= 4 is 5.91 Å². The molecule has 0 radical (unpaired) electrons. The first kappa shape index (κ1) is 12.6. The van der Waals surface area contributed by atoms with Gasteiger partial charge in [0.25, 0.3) is 0 Å². The number of hydrogen-bond donors (Lipinski definition) is 2. The van der Waals surface area contributed by atoms with E-state index in [0.717, 1.165) is 11.3 Å². The molecule has 1 amide bonds. The molecule has 88 valence electrons. The first-order valence-corrected chi connectivity index (χ1v) is 5.48. The largest absolute Gasteiger partial charge is 0.391 e. The molecule has 0 aliphatic rings. The predicted molar refractivity (Wildman–Crippen MR) is 62.0 cm³/mol. The van der Waals surface area contributed by atoms with Crippen LogP contribution in [0.25, 0.3) is 0 Å². The van der Waals surface area contributed by atoms with Crippen LogP contribution in [0.4, 0.5) is 0 Å². The molecule has 1 unspecified atom stereocenters. The number of pyridine rings is 1. The van der Waals surface area contributed by atoms with Crippen molar-refractivity contribution in [2.75, 3.05) is 6.54 Å². The summed E-state index contributed by atoms with van der Waals surface area (Å²) < 4.78 is 0. The van der Waals surface area contributed by atoms with Crippen LogP contribution in [0.5, 0.6) is 0 Å². The molecule has 0 aromatic carbocycles. The van der Waals surface area contributed by atoms with Crippen LogP contribution in [0.3, 0.4) is 0 Å². The number of carbonyl (C=O) groups is 1. The summed E-state index contributed by atoms with van der Waals surface area (Å²) in [5.74, 6) is -0.102. The van der Waals surface area contributed by atoms with E-state index >= 15 is 0 Å². The quantitative estimate of drug-likeness (QED) is 0.775.